The zero-order chi connectivity index (χ0) is 27.8. The highest BCUT2D eigenvalue weighted by molar-refractivity contribution is 7.46. The van der Waals surface area contributed by atoms with Gasteiger partial charge < -0.3 is 19.3 Å². The maximum atomic E-state index is 12.6. The van der Waals surface area contributed by atoms with Crippen molar-refractivity contribution in [3.63, 3.8) is 0 Å². The van der Waals surface area contributed by atoms with Crippen molar-refractivity contribution in [2.24, 2.45) is 0 Å². The first-order valence-corrected chi connectivity index (χ1v) is 13.2. The number of nitrogens with zero attached hydrogens (tertiary/aromatic N) is 3. The van der Waals surface area contributed by atoms with Crippen molar-refractivity contribution >= 4 is 31.6 Å². The van der Waals surface area contributed by atoms with Crippen LogP contribution in [0.5, 0.6) is 0 Å². The van der Waals surface area contributed by atoms with Gasteiger partial charge in [0.15, 0.2) is 0 Å². The second-order valence-electron chi connectivity index (χ2n) is 7.34. The van der Waals surface area contributed by atoms with Gasteiger partial charge in [0.05, 0.1) is 6.54 Å². The summed E-state index contributed by atoms with van der Waals surface area (Å²) in [5.41, 5.74) is 1.18. The number of carbonyl (C=O) groups is 3. The standard InChI is InChI=1S/C22H28N3O9P.C2H6/c1-3-8-19(26)24(2)21-18(11-7-12-23-21)13-25(22(28)33-16-34-35(29,30)31)14-20(27)32-15-17-9-5-4-6-10-17;1-2/h4-7,9-12H,3,8,13-16H2,1-2H3,(H2,29,30,31);1-2H3. The monoisotopic (exact) mass is 539 g/mol. The van der Waals surface area contributed by atoms with E-state index in [0.717, 1.165) is 10.5 Å². The third-order valence-corrected chi connectivity index (χ3v) is 5.05. The van der Waals surface area contributed by atoms with E-state index in [-0.39, 0.29) is 24.9 Å². The molecule has 13 heteroatoms. The highest BCUT2D eigenvalue weighted by Crippen LogP contribution is 2.35. The number of rotatable bonds is 12. The van der Waals surface area contributed by atoms with Gasteiger partial charge >= 0.3 is 19.9 Å². The Kier molecular flexibility index (Phi) is 14.1. The van der Waals surface area contributed by atoms with Crippen molar-refractivity contribution in [1.29, 1.82) is 0 Å². The summed E-state index contributed by atoms with van der Waals surface area (Å²) in [7, 11) is -3.32. The van der Waals surface area contributed by atoms with Crippen LogP contribution in [0.4, 0.5) is 10.6 Å². The molecule has 2 aromatic rings. The van der Waals surface area contributed by atoms with Crippen molar-refractivity contribution in [2.45, 2.75) is 46.8 Å². The summed E-state index contributed by atoms with van der Waals surface area (Å²) in [5, 5.41) is 0. The molecule has 0 aliphatic rings. The Bertz CT molecular complexity index is 1050. The summed E-state index contributed by atoms with van der Waals surface area (Å²) in [6.45, 7) is 4.07. The largest absolute Gasteiger partial charge is 0.472 e. The number of anilines is 1. The number of pyridine rings is 1. The van der Waals surface area contributed by atoms with E-state index in [9.17, 15) is 18.9 Å². The van der Waals surface area contributed by atoms with Crippen molar-refractivity contribution in [3.05, 3.63) is 59.8 Å². The lowest BCUT2D eigenvalue weighted by Gasteiger charge is -2.24. The first kappa shape index (κ1) is 31.7. The minimum atomic E-state index is -4.87. The number of hydrogen-bond acceptors (Lipinski definition) is 8. The number of aromatic nitrogens is 1. The molecule has 0 spiro atoms. The van der Waals surface area contributed by atoms with Crippen LogP contribution in [-0.2, 0) is 41.3 Å². The molecule has 0 fully saturated rings. The average molecular weight is 540 g/mol. The van der Waals surface area contributed by atoms with Gasteiger partial charge in [-0.3, -0.25) is 19.4 Å². The third-order valence-electron chi connectivity index (χ3n) is 4.61. The van der Waals surface area contributed by atoms with E-state index >= 15 is 0 Å². The van der Waals surface area contributed by atoms with E-state index in [1.165, 1.54) is 11.1 Å². The molecular formula is C24H34N3O9P. The van der Waals surface area contributed by atoms with Crippen LogP contribution >= 0.6 is 7.82 Å². The van der Waals surface area contributed by atoms with Crippen molar-refractivity contribution < 1.29 is 42.7 Å². The zero-order valence-corrected chi connectivity index (χ0v) is 22.3. The van der Waals surface area contributed by atoms with Crippen LogP contribution in [0.2, 0.25) is 0 Å². The maximum Gasteiger partial charge on any atom is 0.472 e. The second kappa shape index (κ2) is 16.4. The molecule has 0 saturated heterocycles. The quantitative estimate of drug-likeness (QED) is 0.232. The SMILES string of the molecule is CC.CCCC(=O)N(C)c1ncccc1CN(CC(=O)OCc1ccccc1)C(=O)OCOP(=O)(O)O. The van der Waals surface area contributed by atoms with Gasteiger partial charge in [0.25, 0.3) is 0 Å². The Morgan fingerprint density at radius 3 is 2.32 bits per heavy atom. The van der Waals surface area contributed by atoms with E-state index in [1.807, 2.05) is 26.8 Å². The predicted octanol–water partition coefficient (Wildman–Crippen LogP) is 3.62. The maximum absolute atomic E-state index is 12.6. The average Bonchev–Trinajstić information content (AvgIpc) is 2.88. The van der Waals surface area contributed by atoms with Crippen molar-refractivity contribution in [3.8, 4) is 0 Å². The molecule has 0 atom stereocenters. The molecule has 0 aliphatic carbocycles. The van der Waals surface area contributed by atoms with Crippen LogP contribution in [0.1, 0.15) is 44.7 Å². The van der Waals surface area contributed by atoms with Gasteiger partial charge in [-0.05, 0) is 18.1 Å². The van der Waals surface area contributed by atoms with Crippen LogP contribution in [0.25, 0.3) is 0 Å². The Morgan fingerprint density at radius 1 is 1.03 bits per heavy atom. The van der Waals surface area contributed by atoms with Gasteiger partial charge in [-0.1, -0.05) is 57.2 Å². The molecule has 1 aromatic carbocycles. The van der Waals surface area contributed by atoms with Gasteiger partial charge in [-0.2, -0.15) is 0 Å². The van der Waals surface area contributed by atoms with Crippen LogP contribution in [0.15, 0.2) is 48.7 Å². The summed E-state index contributed by atoms with van der Waals surface area (Å²) in [4.78, 5) is 61.6. The van der Waals surface area contributed by atoms with Crippen LogP contribution in [0, 0.1) is 0 Å². The summed E-state index contributed by atoms with van der Waals surface area (Å²) in [6, 6.07) is 12.2. The fraction of sp³-hybridized carbons (Fsp3) is 0.417. The summed E-state index contributed by atoms with van der Waals surface area (Å²) in [6.07, 6.45) is 1.33. The number of phosphoric ester groups is 1. The zero-order valence-electron chi connectivity index (χ0n) is 21.4. The van der Waals surface area contributed by atoms with E-state index in [4.69, 9.17) is 19.3 Å². The van der Waals surface area contributed by atoms with Gasteiger partial charge in [-0.25, -0.2) is 18.9 Å². The number of phosphoric acid groups is 1. The Labute approximate surface area is 216 Å². The lowest BCUT2D eigenvalue weighted by atomic mass is 10.2. The summed E-state index contributed by atoms with van der Waals surface area (Å²) < 4.78 is 25.0. The lowest BCUT2D eigenvalue weighted by Crippen LogP contribution is -2.37. The minimum Gasteiger partial charge on any atom is -0.459 e. The predicted molar refractivity (Wildman–Crippen MR) is 135 cm³/mol. The van der Waals surface area contributed by atoms with E-state index in [1.54, 1.807) is 43.4 Å². The number of hydrogen-bond donors (Lipinski definition) is 2. The fourth-order valence-electron chi connectivity index (χ4n) is 2.92. The Hall–Kier alpha value is -3.31. The number of ether oxygens (including phenoxy) is 2. The molecule has 2 N–H and O–H groups in total. The number of benzene rings is 1. The fourth-order valence-corrected chi connectivity index (χ4v) is 3.11. The molecule has 2 amide bonds. The summed E-state index contributed by atoms with van der Waals surface area (Å²) in [5.74, 6) is -0.644. The molecular weight excluding hydrogens is 505 g/mol. The number of amides is 2. The van der Waals surface area contributed by atoms with Crippen molar-refractivity contribution in [1.82, 2.24) is 9.88 Å². The lowest BCUT2D eigenvalue weighted by molar-refractivity contribution is -0.146. The van der Waals surface area contributed by atoms with Gasteiger partial charge in [0, 0.05) is 25.2 Å². The van der Waals surface area contributed by atoms with E-state index < -0.39 is 33.2 Å². The minimum absolute atomic E-state index is 0.0176. The molecule has 1 aromatic heterocycles. The second-order valence-corrected chi connectivity index (χ2v) is 8.58. The van der Waals surface area contributed by atoms with Gasteiger partial charge in [0.2, 0.25) is 12.7 Å². The first-order valence-electron chi connectivity index (χ1n) is 11.6. The molecule has 0 saturated carbocycles. The van der Waals surface area contributed by atoms with Gasteiger partial charge in [-0.15, -0.1) is 0 Å². The molecule has 37 heavy (non-hydrogen) atoms. The summed E-state index contributed by atoms with van der Waals surface area (Å²) >= 11 is 0. The van der Waals surface area contributed by atoms with Crippen LogP contribution < -0.4 is 4.90 Å². The molecule has 2 rings (SSSR count). The molecule has 0 radical (unpaired) electrons. The first-order chi connectivity index (χ1) is 17.6. The highest BCUT2D eigenvalue weighted by Gasteiger charge is 2.24. The van der Waals surface area contributed by atoms with Gasteiger partial charge in [0.1, 0.15) is 19.0 Å². The highest BCUT2D eigenvalue weighted by atomic mass is 31.2. The molecule has 0 aliphatic heterocycles. The van der Waals surface area contributed by atoms with Crippen LogP contribution in [-0.4, -0.2) is 58.0 Å². The third kappa shape index (κ3) is 12.0. The van der Waals surface area contributed by atoms with E-state index in [0.29, 0.717) is 18.4 Å². The molecule has 204 valence electrons. The molecule has 1 heterocycles. The topological polar surface area (TPSA) is 156 Å². The van der Waals surface area contributed by atoms with Crippen molar-refractivity contribution in [2.75, 3.05) is 25.3 Å². The van der Waals surface area contributed by atoms with E-state index in [2.05, 4.69) is 9.51 Å². The smallest absolute Gasteiger partial charge is 0.459 e. The molecule has 0 unspecified atom stereocenters. The Morgan fingerprint density at radius 2 is 1.70 bits per heavy atom. The number of carbonyl (C=O) groups excluding carboxylic acids is 3. The molecule has 12 nitrogen and oxygen atoms in total. The number of esters is 1. The van der Waals surface area contributed by atoms with Crippen LogP contribution in [0.3, 0.4) is 0 Å². The Balaban J connectivity index is 0.00000334. The molecule has 0 bridgehead atoms. The normalized spacial score (nSPS) is 10.5.